The first-order valence-electron chi connectivity index (χ1n) is 7.18. The molecule has 3 N–H and O–H groups in total. The second kappa shape index (κ2) is 6.67. The average Bonchev–Trinajstić information content (AvgIpc) is 3.06. The van der Waals surface area contributed by atoms with Crippen molar-refractivity contribution < 1.29 is 0 Å². The predicted molar refractivity (Wildman–Crippen MR) is 78.9 cm³/mol. The van der Waals surface area contributed by atoms with Gasteiger partial charge >= 0.3 is 0 Å². The quantitative estimate of drug-likeness (QED) is 0.591. The van der Waals surface area contributed by atoms with E-state index in [0.29, 0.717) is 0 Å². The molecule has 0 aromatic carbocycles. The van der Waals surface area contributed by atoms with E-state index in [4.69, 9.17) is 5.84 Å². The van der Waals surface area contributed by atoms with Crippen LogP contribution in [0, 0.1) is 0 Å². The molecule has 0 amide bonds. The number of hydrazine groups is 1. The molecule has 2 heterocycles. The number of hydrogen-bond donors (Lipinski definition) is 2. The fraction of sp³-hybridized carbons (Fsp3) is 0.571. The molecular formula is C14H24N6. The Morgan fingerprint density at radius 2 is 2.20 bits per heavy atom. The molecule has 2 aromatic rings. The monoisotopic (exact) mass is 276 g/mol. The van der Waals surface area contributed by atoms with Crippen LogP contribution < -0.4 is 11.3 Å². The summed E-state index contributed by atoms with van der Waals surface area (Å²) in [5.74, 6) is 6.81. The summed E-state index contributed by atoms with van der Waals surface area (Å²) in [5, 5.41) is 4.58. The molecule has 0 aliphatic rings. The van der Waals surface area contributed by atoms with Crippen molar-refractivity contribution in [3.63, 3.8) is 0 Å². The highest BCUT2D eigenvalue weighted by Crippen LogP contribution is 2.19. The molecular weight excluding hydrogens is 252 g/mol. The van der Waals surface area contributed by atoms with E-state index < -0.39 is 0 Å². The highest BCUT2D eigenvalue weighted by atomic mass is 15.3. The Balaban J connectivity index is 2.11. The molecule has 1 atom stereocenters. The van der Waals surface area contributed by atoms with Crippen LogP contribution in [0.15, 0.2) is 18.5 Å². The van der Waals surface area contributed by atoms with Crippen molar-refractivity contribution in [2.75, 3.05) is 0 Å². The predicted octanol–water partition coefficient (Wildman–Crippen LogP) is 1.34. The molecule has 0 radical (unpaired) electrons. The molecule has 0 aliphatic heterocycles. The van der Waals surface area contributed by atoms with E-state index >= 15 is 0 Å². The summed E-state index contributed by atoms with van der Waals surface area (Å²) in [6, 6.07) is 2.24. The van der Waals surface area contributed by atoms with E-state index in [2.05, 4.69) is 35.4 Å². The Kier molecular flexibility index (Phi) is 4.92. The Hall–Kier alpha value is -1.66. The molecule has 0 bridgehead atoms. The first-order valence-corrected chi connectivity index (χ1v) is 7.18. The second-order valence-corrected chi connectivity index (χ2v) is 4.94. The Morgan fingerprint density at radius 1 is 1.40 bits per heavy atom. The maximum atomic E-state index is 5.74. The lowest BCUT2D eigenvalue weighted by Crippen LogP contribution is -2.30. The summed E-state index contributed by atoms with van der Waals surface area (Å²) >= 11 is 0. The zero-order chi connectivity index (χ0) is 14.5. The summed E-state index contributed by atoms with van der Waals surface area (Å²) in [5.41, 5.74) is 5.18. The first kappa shape index (κ1) is 14.7. The maximum Gasteiger partial charge on any atom is 0.108 e. The molecule has 0 spiro atoms. The van der Waals surface area contributed by atoms with Crippen LogP contribution in [-0.4, -0.2) is 19.3 Å². The molecule has 0 saturated heterocycles. The van der Waals surface area contributed by atoms with E-state index in [9.17, 15) is 0 Å². The number of imidazole rings is 1. The minimum atomic E-state index is 0.0967. The van der Waals surface area contributed by atoms with Gasteiger partial charge in [0, 0.05) is 32.4 Å². The van der Waals surface area contributed by atoms with Crippen molar-refractivity contribution in [3.8, 4) is 0 Å². The average molecular weight is 276 g/mol. The highest BCUT2D eigenvalue weighted by Gasteiger charge is 2.17. The van der Waals surface area contributed by atoms with E-state index in [1.807, 2.05) is 28.7 Å². The van der Waals surface area contributed by atoms with Crippen molar-refractivity contribution in [3.05, 3.63) is 35.7 Å². The van der Waals surface area contributed by atoms with E-state index in [1.54, 1.807) is 0 Å². The lowest BCUT2D eigenvalue weighted by atomic mass is 10.1. The zero-order valence-electron chi connectivity index (χ0n) is 12.5. The van der Waals surface area contributed by atoms with E-state index in [-0.39, 0.29) is 6.04 Å². The lowest BCUT2D eigenvalue weighted by Gasteiger charge is -2.17. The standard InChI is InChI=1S/C14H24N6/c1-4-11-10-13(20(5-2)18-11)12(17-15)6-7-14-16-8-9-19(14)3/h8-10,12,17H,4-7,15H2,1-3H3. The molecule has 20 heavy (non-hydrogen) atoms. The third-order valence-electron chi connectivity index (χ3n) is 3.66. The minimum absolute atomic E-state index is 0.0967. The number of aromatic nitrogens is 4. The summed E-state index contributed by atoms with van der Waals surface area (Å²) < 4.78 is 4.07. The van der Waals surface area contributed by atoms with Crippen LogP contribution in [-0.2, 0) is 26.4 Å². The van der Waals surface area contributed by atoms with Crippen LogP contribution >= 0.6 is 0 Å². The number of rotatable bonds is 7. The second-order valence-electron chi connectivity index (χ2n) is 4.94. The van der Waals surface area contributed by atoms with Gasteiger partial charge in [-0.3, -0.25) is 16.0 Å². The van der Waals surface area contributed by atoms with Crippen molar-refractivity contribution in [2.24, 2.45) is 12.9 Å². The van der Waals surface area contributed by atoms with Crippen molar-refractivity contribution in [2.45, 2.75) is 45.7 Å². The van der Waals surface area contributed by atoms with Crippen LogP contribution in [0.4, 0.5) is 0 Å². The summed E-state index contributed by atoms with van der Waals surface area (Å²) in [6.07, 6.45) is 6.51. The molecule has 1 unspecified atom stereocenters. The number of aryl methyl sites for hydroxylation is 4. The summed E-state index contributed by atoms with van der Waals surface area (Å²) in [4.78, 5) is 4.35. The third kappa shape index (κ3) is 3.08. The SMILES string of the molecule is CCc1cc(C(CCc2nccn2C)NN)n(CC)n1. The molecule has 6 nitrogen and oxygen atoms in total. The van der Waals surface area contributed by atoms with Gasteiger partial charge in [-0.15, -0.1) is 0 Å². The minimum Gasteiger partial charge on any atom is -0.338 e. The van der Waals surface area contributed by atoms with Gasteiger partial charge in [0.05, 0.1) is 17.4 Å². The fourth-order valence-corrected chi connectivity index (χ4v) is 2.42. The van der Waals surface area contributed by atoms with Gasteiger partial charge in [-0.1, -0.05) is 6.92 Å². The van der Waals surface area contributed by atoms with Gasteiger partial charge in [0.2, 0.25) is 0 Å². The summed E-state index contributed by atoms with van der Waals surface area (Å²) in [6.45, 7) is 5.07. The fourth-order valence-electron chi connectivity index (χ4n) is 2.42. The number of nitrogens with one attached hydrogen (secondary N) is 1. The van der Waals surface area contributed by atoms with Gasteiger partial charge in [0.1, 0.15) is 5.82 Å². The van der Waals surface area contributed by atoms with E-state index in [0.717, 1.165) is 43.0 Å². The normalized spacial score (nSPS) is 12.8. The number of hydrogen-bond acceptors (Lipinski definition) is 4. The van der Waals surface area contributed by atoms with Gasteiger partial charge in [-0.2, -0.15) is 5.10 Å². The van der Waals surface area contributed by atoms with Crippen LogP contribution in [0.2, 0.25) is 0 Å². The maximum absolute atomic E-state index is 5.74. The van der Waals surface area contributed by atoms with Gasteiger partial charge in [0.25, 0.3) is 0 Å². The van der Waals surface area contributed by atoms with Crippen LogP contribution in [0.25, 0.3) is 0 Å². The molecule has 2 aromatic heterocycles. The van der Waals surface area contributed by atoms with Crippen LogP contribution in [0.1, 0.15) is 43.5 Å². The molecule has 0 aliphatic carbocycles. The number of nitrogens with two attached hydrogens (primary N) is 1. The Morgan fingerprint density at radius 3 is 2.75 bits per heavy atom. The van der Waals surface area contributed by atoms with Crippen molar-refractivity contribution in [1.82, 2.24) is 24.8 Å². The zero-order valence-corrected chi connectivity index (χ0v) is 12.5. The number of nitrogens with zero attached hydrogens (tertiary/aromatic N) is 4. The molecule has 110 valence electrons. The van der Waals surface area contributed by atoms with Crippen LogP contribution in [0.3, 0.4) is 0 Å². The molecule has 6 heteroatoms. The van der Waals surface area contributed by atoms with Gasteiger partial charge in [0.15, 0.2) is 0 Å². The Bertz CT molecular complexity index is 542. The van der Waals surface area contributed by atoms with Crippen molar-refractivity contribution in [1.29, 1.82) is 0 Å². The molecule has 0 saturated carbocycles. The third-order valence-corrected chi connectivity index (χ3v) is 3.66. The lowest BCUT2D eigenvalue weighted by molar-refractivity contribution is 0.460. The first-order chi connectivity index (χ1) is 9.69. The Labute approximate surface area is 120 Å². The van der Waals surface area contributed by atoms with E-state index in [1.165, 1.54) is 0 Å². The van der Waals surface area contributed by atoms with Crippen LogP contribution in [0.5, 0.6) is 0 Å². The topological polar surface area (TPSA) is 73.7 Å². The molecule has 0 fully saturated rings. The summed E-state index contributed by atoms with van der Waals surface area (Å²) in [7, 11) is 2.01. The van der Waals surface area contributed by atoms with Crippen molar-refractivity contribution >= 4 is 0 Å². The largest absolute Gasteiger partial charge is 0.338 e. The highest BCUT2D eigenvalue weighted by molar-refractivity contribution is 5.15. The molecule has 2 rings (SSSR count). The smallest absolute Gasteiger partial charge is 0.108 e. The van der Waals surface area contributed by atoms with Gasteiger partial charge in [-0.05, 0) is 25.8 Å². The van der Waals surface area contributed by atoms with Gasteiger partial charge in [-0.25, -0.2) is 4.98 Å². The van der Waals surface area contributed by atoms with Gasteiger partial charge < -0.3 is 4.57 Å².